The minimum Gasteiger partial charge on any atom is -0.462 e. The highest BCUT2D eigenvalue weighted by molar-refractivity contribution is 7.47. The van der Waals surface area contributed by atoms with Crippen molar-refractivity contribution in [3.8, 4) is 0 Å². The van der Waals surface area contributed by atoms with Crippen LogP contribution in [0.2, 0.25) is 0 Å². The van der Waals surface area contributed by atoms with Gasteiger partial charge in [0.2, 0.25) is 0 Å². The number of carbonyl (C=O) groups excluding carboxylic acids is 2. The van der Waals surface area contributed by atoms with E-state index in [1.807, 2.05) is 6.08 Å². The Kier molecular flexibility index (Phi) is 46.2. The molecule has 0 aromatic carbocycles. The predicted molar refractivity (Wildman–Crippen MR) is 295 cm³/mol. The number of ether oxygens (including phenoxy) is 2. The normalized spacial score (nSPS) is 20.5. The van der Waals surface area contributed by atoms with Gasteiger partial charge in [0, 0.05) is 12.8 Å². The molecule has 13 nitrogen and oxygen atoms in total. The monoisotopic (exact) mass is 1060 g/mol. The van der Waals surface area contributed by atoms with Crippen molar-refractivity contribution in [1.29, 1.82) is 0 Å². The molecule has 0 heterocycles. The van der Waals surface area contributed by atoms with Gasteiger partial charge in [0.05, 0.1) is 6.61 Å². The summed E-state index contributed by atoms with van der Waals surface area (Å²) in [5.74, 6) is -1.13. The molecule has 14 heteroatoms. The zero-order chi connectivity index (χ0) is 53.5. The van der Waals surface area contributed by atoms with E-state index in [-0.39, 0.29) is 12.8 Å². The van der Waals surface area contributed by atoms with Gasteiger partial charge in [0.25, 0.3) is 0 Å². The van der Waals surface area contributed by atoms with Gasteiger partial charge < -0.3 is 39.9 Å². The van der Waals surface area contributed by atoms with Crippen LogP contribution in [-0.2, 0) is 32.7 Å². The zero-order valence-electron chi connectivity index (χ0n) is 46.5. The first kappa shape index (κ1) is 69.3. The van der Waals surface area contributed by atoms with Crippen molar-refractivity contribution in [2.75, 3.05) is 13.2 Å². The molecule has 1 rings (SSSR count). The molecule has 0 bridgehead atoms. The van der Waals surface area contributed by atoms with Crippen molar-refractivity contribution >= 4 is 19.8 Å². The van der Waals surface area contributed by atoms with Gasteiger partial charge in [-0.25, -0.2) is 4.57 Å². The fourth-order valence-corrected chi connectivity index (χ4v) is 10.5. The lowest BCUT2D eigenvalue weighted by atomic mass is 9.85. The van der Waals surface area contributed by atoms with Gasteiger partial charge in [0.1, 0.15) is 43.2 Å². The molecule has 8 atom stereocenters. The number of hydrogen-bond acceptors (Lipinski definition) is 12. The molecule has 0 aromatic rings. The quantitative estimate of drug-likeness (QED) is 0.0145. The molecule has 1 fully saturated rings. The molecular formula is C59H111O13P. The third-order valence-electron chi connectivity index (χ3n) is 14.3. The number of rotatable bonds is 52. The Morgan fingerprint density at radius 3 is 1.12 bits per heavy atom. The molecule has 0 spiro atoms. The van der Waals surface area contributed by atoms with Gasteiger partial charge in [-0.15, -0.1) is 0 Å². The molecule has 0 amide bonds. The molecule has 0 aromatic heterocycles. The summed E-state index contributed by atoms with van der Waals surface area (Å²) in [6, 6.07) is 0. The molecular weight excluding hydrogens is 948 g/mol. The second-order valence-corrected chi connectivity index (χ2v) is 22.6. The highest BCUT2D eigenvalue weighted by Crippen LogP contribution is 2.47. The lowest BCUT2D eigenvalue weighted by Crippen LogP contribution is -2.64. The summed E-state index contributed by atoms with van der Waals surface area (Å²) in [5.41, 5.74) is 0. The van der Waals surface area contributed by atoms with Crippen LogP contribution in [0.15, 0.2) is 24.3 Å². The van der Waals surface area contributed by atoms with E-state index in [0.717, 1.165) is 44.9 Å². The summed E-state index contributed by atoms with van der Waals surface area (Å²) in [7, 11) is -5.13. The number of carbonyl (C=O) groups is 2. The van der Waals surface area contributed by atoms with Crippen LogP contribution in [0.4, 0.5) is 0 Å². The van der Waals surface area contributed by atoms with Crippen molar-refractivity contribution in [1.82, 2.24) is 0 Å². The Morgan fingerprint density at radius 1 is 0.411 bits per heavy atom. The Bertz CT molecular complexity index is 1360. The second kappa shape index (κ2) is 48.7. The number of allylic oxidation sites excluding steroid dienone is 4. The van der Waals surface area contributed by atoms with Gasteiger partial charge in [-0.05, 0) is 44.9 Å². The van der Waals surface area contributed by atoms with Gasteiger partial charge >= 0.3 is 19.8 Å². The SMILES string of the molecule is CCCCCCCCCCCCCCCC/C=C/CC/C=C/CCCC(=O)OC[C@@H](COP(=O)(O)OC1C(O)C(O)C(O)[C@H](O)C1O)OC(=O)CCCCCCCCCCCCCCCCCCCCCCC. The molecule has 1 saturated carbocycles. The third-order valence-corrected chi connectivity index (χ3v) is 15.3. The van der Waals surface area contributed by atoms with Crippen LogP contribution < -0.4 is 0 Å². The summed E-state index contributed by atoms with van der Waals surface area (Å²) >= 11 is 0. The first-order valence-electron chi connectivity index (χ1n) is 30.1. The van der Waals surface area contributed by atoms with Gasteiger partial charge in [0.15, 0.2) is 6.10 Å². The smallest absolute Gasteiger partial charge is 0.462 e. The number of phosphoric acid groups is 1. The molecule has 1 aliphatic rings. The van der Waals surface area contributed by atoms with E-state index in [2.05, 4.69) is 32.1 Å². The molecule has 6 unspecified atom stereocenters. The predicted octanol–water partition coefficient (Wildman–Crippen LogP) is 14.3. The summed E-state index contributed by atoms with van der Waals surface area (Å²) in [6.07, 6.45) is 45.3. The molecule has 0 saturated heterocycles. The molecule has 0 aliphatic heterocycles. The highest BCUT2D eigenvalue weighted by atomic mass is 31.2. The van der Waals surface area contributed by atoms with Gasteiger partial charge in [-0.2, -0.15) is 0 Å². The Hall–Kier alpha value is -1.67. The number of phosphoric ester groups is 1. The van der Waals surface area contributed by atoms with Gasteiger partial charge in [-0.1, -0.05) is 250 Å². The molecule has 0 radical (unpaired) electrons. The van der Waals surface area contributed by atoms with Crippen molar-refractivity contribution in [3.05, 3.63) is 24.3 Å². The van der Waals surface area contributed by atoms with Crippen LogP contribution in [0.5, 0.6) is 0 Å². The van der Waals surface area contributed by atoms with Crippen LogP contribution in [-0.4, -0.2) is 98.3 Å². The van der Waals surface area contributed by atoms with E-state index in [4.69, 9.17) is 18.5 Å². The summed E-state index contributed by atoms with van der Waals surface area (Å²) in [5, 5.41) is 50.4. The summed E-state index contributed by atoms with van der Waals surface area (Å²) in [6.45, 7) is 3.34. The summed E-state index contributed by atoms with van der Waals surface area (Å²) < 4.78 is 33.7. The number of aliphatic hydroxyl groups is 5. The van der Waals surface area contributed by atoms with Crippen molar-refractivity contribution < 1.29 is 63.1 Å². The average molecular weight is 1060 g/mol. The number of unbranched alkanes of at least 4 members (excludes halogenated alkanes) is 36. The van der Waals surface area contributed by atoms with E-state index < -0.39 is 75.7 Å². The van der Waals surface area contributed by atoms with Crippen LogP contribution in [0, 0.1) is 0 Å². The van der Waals surface area contributed by atoms with Crippen LogP contribution in [0.25, 0.3) is 0 Å². The maximum Gasteiger partial charge on any atom is 0.472 e. The Labute approximate surface area is 445 Å². The van der Waals surface area contributed by atoms with E-state index in [0.29, 0.717) is 19.3 Å². The van der Waals surface area contributed by atoms with E-state index in [1.54, 1.807) is 0 Å². The summed E-state index contributed by atoms with van der Waals surface area (Å²) in [4.78, 5) is 36.0. The minimum absolute atomic E-state index is 0.0942. The van der Waals surface area contributed by atoms with E-state index in [1.165, 1.54) is 193 Å². The average Bonchev–Trinajstić information content (AvgIpc) is 3.37. The largest absolute Gasteiger partial charge is 0.472 e. The topological polar surface area (TPSA) is 210 Å². The lowest BCUT2D eigenvalue weighted by Gasteiger charge is -2.41. The van der Waals surface area contributed by atoms with Gasteiger partial charge in [-0.3, -0.25) is 18.6 Å². The Morgan fingerprint density at radius 2 is 0.726 bits per heavy atom. The molecule has 73 heavy (non-hydrogen) atoms. The fourth-order valence-electron chi connectivity index (χ4n) is 9.49. The minimum atomic E-state index is -5.13. The van der Waals surface area contributed by atoms with Crippen LogP contribution >= 0.6 is 7.82 Å². The van der Waals surface area contributed by atoms with Crippen LogP contribution in [0.3, 0.4) is 0 Å². The molecule has 6 N–H and O–H groups in total. The maximum absolute atomic E-state index is 12.9. The second-order valence-electron chi connectivity index (χ2n) is 21.2. The Balaban J connectivity index is 2.33. The fraction of sp³-hybridized carbons (Fsp3) is 0.898. The first-order chi connectivity index (χ1) is 35.4. The first-order valence-corrected chi connectivity index (χ1v) is 31.6. The van der Waals surface area contributed by atoms with E-state index in [9.17, 15) is 44.6 Å². The lowest BCUT2D eigenvalue weighted by molar-refractivity contribution is -0.220. The number of esters is 2. The van der Waals surface area contributed by atoms with Crippen molar-refractivity contribution in [2.45, 2.75) is 326 Å². The van der Waals surface area contributed by atoms with E-state index >= 15 is 0 Å². The zero-order valence-corrected chi connectivity index (χ0v) is 47.3. The molecule has 1 aliphatic carbocycles. The van der Waals surface area contributed by atoms with Crippen molar-refractivity contribution in [2.24, 2.45) is 0 Å². The van der Waals surface area contributed by atoms with Crippen molar-refractivity contribution in [3.63, 3.8) is 0 Å². The standard InChI is InChI=1S/C59H111O13P/c1-3-5-7-9-11-13-15-17-19-21-23-25-26-28-29-31-33-35-37-39-41-43-45-47-52(60)69-49-51(50-70-73(67,68)72-59-57(65)55(63)54(62)56(64)58(59)66)71-53(61)48-46-44-42-40-38-36-34-32-30-27-24-22-20-18-16-14-12-10-8-6-4-2/h31,33,39,41,51,54-59,62-66H,3-30,32,34-38,40,42-50H2,1-2H3,(H,67,68)/b33-31+,41-39+/t51-,54?,55-,56?,57?,58?,59?/m0/s1. The third kappa shape index (κ3) is 40.2. The number of aliphatic hydroxyl groups excluding tert-OH is 5. The van der Waals surface area contributed by atoms with Crippen LogP contribution in [0.1, 0.15) is 284 Å². The highest BCUT2D eigenvalue weighted by Gasteiger charge is 2.51. The number of hydrogen-bond donors (Lipinski definition) is 6. The maximum atomic E-state index is 12.9. The molecule has 430 valence electrons.